The van der Waals surface area contributed by atoms with Gasteiger partial charge in [0, 0.05) is 25.7 Å². The van der Waals surface area contributed by atoms with E-state index in [-0.39, 0.29) is 11.9 Å². The van der Waals surface area contributed by atoms with Gasteiger partial charge in [0.05, 0.1) is 5.02 Å². The summed E-state index contributed by atoms with van der Waals surface area (Å²) in [5.41, 5.74) is 0.980. The minimum Gasteiger partial charge on any atom is -0.348 e. The first kappa shape index (κ1) is 15.8. The number of rotatable bonds is 4. The van der Waals surface area contributed by atoms with Crippen molar-refractivity contribution in [3.8, 4) is 0 Å². The molecule has 0 saturated carbocycles. The third kappa shape index (κ3) is 3.96. The molecule has 1 aliphatic heterocycles. The molecular weight excluding hydrogens is 292 g/mol. The molecule has 3 nitrogen and oxygen atoms in total. The standard InChI is InChI=1S/C15H23ClN2OS/c1-10(2)8-18-6-4-12(5-7-18)17-15(19)14-13(16)11(3)9-20-14/h9-10,12H,4-8H2,1-3H3,(H,17,19). The normalized spacial score (nSPS) is 17.6. The van der Waals surface area contributed by atoms with Crippen LogP contribution >= 0.6 is 22.9 Å². The molecule has 0 unspecified atom stereocenters. The van der Waals surface area contributed by atoms with Gasteiger partial charge in [-0.15, -0.1) is 11.3 Å². The fourth-order valence-corrected chi connectivity index (χ4v) is 3.79. The molecular formula is C15H23ClN2OS. The van der Waals surface area contributed by atoms with E-state index in [9.17, 15) is 4.79 Å². The Morgan fingerprint density at radius 2 is 2.15 bits per heavy atom. The van der Waals surface area contributed by atoms with Crippen LogP contribution in [-0.4, -0.2) is 36.5 Å². The Balaban J connectivity index is 1.84. The van der Waals surface area contributed by atoms with Crippen LogP contribution in [0.2, 0.25) is 5.02 Å². The predicted octanol–water partition coefficient (Wildman–Crippen LogP) is 3.56. The van der Waals surface area contributed by atoms with Crippen LogP contribution in [0, 0.1) is 12.8 Å². The molecule has 2 heterocycles. The zero-order valence-corrected chi connectivity index (χ0v) is 14.0. The lowest BCUT2D eigenvalue weighted by Gasteiger charge is -2.33. The fraction of sp³-hybridized carbons (Fsp3) is 0.667. The molecule has 1 aliphatic rings. The molecule has 1 aromatic heterocycles. The number of nitrogens with one attached hydrogen (secondary N) is 1. The van der Waals surface area contributed by atoms with E-state index in [1.165, 1.54) is 11.3 Å². The average Bonchev–Trinajstić information content (AvgIpc) is 2.72. The summed E-state index contributed by atoms with van der Waals surface area (Å²) >= 11 is 7.57. The SMILES string of the molecule is Cc1csc(C(=O)NC2CCN(CC(C)C)CC2)c1Cl. The molecule has 1 N–H and O–H groups in total. The summed E-state index contributed by atoms with van der Waals surface area (Å²) in [4.78, 5) is 15.3. The predicted molar refractivity (Wildman–Crippen MR) is 85.8 cm³/mol. The Kier molecular flexibility index (Phi) is 5.47. The van der Waals surface area contributed by atoms with Crippen LogP contribution in [0.4, 0.5) is 0 Å². The molecule has 0 atom stereocenters. The van der Waals surface area contributed by atoms with Gasteiger partial charge >= 0.3 is 0 Å². The van der Waals surface area contributed by atoms with Crippen molar-refractivity contribution < 1.29 is 4.79 Å². The van der Waals surface area contributed by atoms with Crippen molar-refractivity contribution in [3.63, 3.8) is 0 Å². The summed E-state index contributed by atoms with van der Waals surface area (Å²) in [6.45, 7) is 9.71. The van der Waals surface area contributed by atoms with Crippen LogP contribution in [-0.2, 0) is 0 Å². The van der Waals surface area contributed by atoms with E-state index < -0.39 is 0 Å². The third-order valence-corrected chi connectivity index (χ3v) is 5.35. The van der Waals surface area contributed by atoms with Crippen LogP contribution in [0.5, 0.6) is 0 Å². The maximum atomic E-state index is 12.2. The average molecular weight is 315 g/mol. The summed E-state index contributed by atoms with van der Waals surface area (Å²) in [5, 5.41) is 5.66. The number of aryl methyl sites for hydroxylation is 1. The van der Waals surface area contributed by atoms with Crippen LogP contribution in [0.15, 0.2) is 5.38 Å². The minimum absolute atomic E-state index is 0.0181. The maximum Gasteiger partial charge on any atom is 0.263 e. The Morgan fingerprint density at radius 1 is 1.50 bits per heavy atom. The Bertz CT molecular complexity index is 464. The molecule has 0 aliphatic carbocycles. The minimum atomic E-state index is -0.0181. The number of likely N-dealkylation sites (tertiary alicyclic amines) is 1. The van der Waals surface area contributed by atoms with Crippen molar-refractivity contribution in [2.45, 2.75) is 39.7 Å². The van der Waals surface area contributed by atoms with Gasteiger partial charge < -0.3 is 10.2 Å². The zero-order chi connectivity index (χ0) is 14.7. The number of amides is 1. The first-order valence-electron chi connectivity index (χ1n) is 7.24. The Labute approximate surface area is 130 Å². The van der Waals surface area contributed by atoms with E-state index in [4.69, 9.17) is 11.6 Å². The second-order valence-electron chi connectivity index (χ2n) is 6.00. The second-order valence-corrected chi connectivity index (χ2v) is 7.26. The molecule has 112 valence electrons. The molecule has 5 heteroatoms. The maximum absolute atomic E-state index is 12.2. The van der Waals surface area contributed by atoms with Gasteiger partial charge in [-0.3, -0.25) is 4.79 Å². The summed E-state index contributed by atoms with van der Waals surface area (Å²) in [7, 11) is 0. The number of hydrogen-bond donors (Lipinski definition) is 1. The van der Waals surface area contributed by atoms with Crippen molar-refractivity contribution in [1.29, 1.82) is 0 Å². The molecule has 1 saturated heterocycles. The van der Waals surface area contributed by atoms with E-state index in [0.29, 0.717) is 15.8 Å². The van der Waals surface area contributed by atoms with Gasteiger partial charge in [-0.1, -0.05) is 25.4 Å². The third-order valence-electron chi connectivity index (χ3n) is 3.65. The monoisotopic (exact) mass is 314 g/mol. The molecule has 1 fully saturated rings. The number of halogens is 1. The molecule has 0 aromatic carbocycles. The molecule has 0 bridgehead atoms. The van der Waals surface area contributed by atoms with Crippen LogP contribution < -0.4 is 5.32 Å². The number of nitrogens with zero attached hydrogens (tertiary/aromatic N) is 1. The number of carbonyl (C=O) groups is 1. The van der Waals surface area contributed by atoms with Gasteiger partial charge in [-0.2, -0.15) is 0 Å². The van der Waals surface area contributed by atoms with Crippen molar-refractivity contribution >= 4 is 28.8 Å². The van der Waals surface area contributed by atoms with Crippen molar-refractivity contribution in [2.75, 3.05) is 19.6 Å². The lowest BCUT2D eigenvalue weighted by Crippen LogP contribution is -2.45. The van der Waals surface area contributed by atoms with Crippen LogP contribution in [0.1, 0.15) is 41.9 Å². The molecule has 2 rings (SSSR count). The quantitative estimate of drug-likeness (QED) is 0.921. The van der Waals surface area contributed by atoms with Gasteiger partial charge in [0.15, 0.2) is 0 Å². The van der Waals surface area contributed by atoms with Crippen molar-refractivity contribution in [3.05, 3.63) is 20.8 Å². The largest absolute Gasteiger partial charge is 0.348 e. The highest BCUT2D eigenvalue weighted by atomic mass is 35.5. The first-order chi connectivity index (χ1) is 9.47. The Morgan fingerprint density at radius 3 is 2.65 bits per heavy atom. The number of hydrogen-bond acceptors (Lipinski definition) is 3. The molecule has 0 spiro atoms. The molecule has 0 radical (unpaired) electrons. The van der Waals surface area contributed by atoms with Crippen LogP contribution in [0.25, 0.3) is 0 Å². The van der Waals surface area contributed by atoms with E-state index >= 15 is 0 Å². The van der Waals surface area contributed by atoms with Crippen LogP contribution in [0.3, 0.4) is 0 Å². The topological polar surface area (TPSA) is 32.3 Å². The number of carbonyl (C=O) groups excluding carboxylic acids is 1. The van der Waals surface area contributed by atoms with Gasteiger partial charge in [0.2, 0.25) is 0 Å². The highest BCUT2D eigenvalue weighted by Crippen LogP contribution is 2.27. The lowest BCUT2D eigenvalue weighted by atomic mass is 10.0. The van der Waals surface area contributed by atoms with E-state index in [2.05, 4.69) is 24.1 Å². The van der Waals surface area contributed by atoms with E-state index in [1.54, 1.807) is 0 Å². The number of thiophene rings is 1. The van der Waals surface area contributed by atoms with E-state index in [1.807, 2.05) is 12.3 Å². The summed E-state index contributed by atoms with van der Waals surface area (Å²) < 4.78 is 0. The van der Waals surface area contributed by atoms with Gasteiger partial charge in [0.1, 0.15) is 4.88 Å². The highest BCUT2D eigenvalue weighted by Gasteiger charge is 2.23. The van der Waals surface area contributed by atoms with E-state index in [0.717, 1.165) is 38.0 Å². The first-order valence-corrected chi connectivity index (χ1v) is 8.50. The number of piperidine rings is 1. The molecule has 20 heavy (non-hydrogen) atoms. The summed E-state index contributed by atoms with van der Waals surface area (Å²) in [6.07, 6.45) is 2.06. The second kappa shape index (κ2) is 6.92. The van der Waals surface area contributed by atoms with Gasteiger partial charge in [0.25, 0.3) is 5.91 Å². The van der Waals surface area contributed by atoms with Gasteiger partial charge in [-0.05, 0) is 36.6 Å². The van der Waals surface area contributed by atoms with Crippen molar-refractivity contribution in [2.24, 2.45) is 5.92 Å². The summed E-state index contributed by atoms with van der Waals surface area (Å²) in [5.74, 6) is 0.685. The van der Waals surface area contributed by atoms with Crippen molar-refractivity contribution in [1.82, 2.24) is 10.2 Å². The zero-order valence-electron chi connectivity index (χ0n) is 12.4. The lowest BCUT2D eigenvalue weighted by molar-refractivity contribution is 0.0911. The fourth-order valence-electron chi connectivity index (χ4n) is 2.61. The smallest absolute Gasteiger partial charge is 0.263 e. The molecule has 1 amide bonds. The Hall–Kier alpha value is -0.580. The highest BCUT2D eigenvalue weighted by molar-refractivity contribution is 7.13. The summed E-state index contributed by atoms with van der Waals surface area (Å²) in [6, 6.07) is 0.282. The molecule has 1 aromatic rings. The van der Waals surface area contributed by atoms with Gasteiger partial charge in [-0.25, -0.2) is 0 Å².